The van der Waals surface area contributed by atoms with E-state index in [1.807, 2.05) is 0 Å². The van der Waals surface area contributed by atoms with Crippen molar-refractivity contribution in [2.24, 2.45) is 0 Å². The number of nitrogens with zero attached hydrogens (tertiary/aromatic N) is 1. The van der Waals surface area contributed by atoms with E-state index in [0.717, 1.165) is 0 Å². The normalized spacial score (nSPS) is 9.29. The van der Waals surface area contributed by atoms with E-state index in [0.29, 0.717) is 5.69 Å². The Morgan fingerprint density at radius 3 is 3.14 bits per heavy atom. The van der Waals surface area contributed by atoms with E-state index in [1.165, 1.54) is 0 Å². The minimum atomic E-state index is 0.0104. The highest BCUT2D eigenvalue weighted by Crippen LogP contribution is 1.86. The lowest BCUT2D eigenvalue weighted by Crippen LogP contribution is -1.79. The van der Waals surface area contributed by atoms with Crippen molar-refractivity contribution in [1.82, 2.24) is 10.2 Å². The number of aliphatic hydroxyl groups excluding tert-OH is 1. The van der Waals surface area contributed by atoms with Gasteiger partial charge in [-0.2, -0.15) is 5.10 Å². The number of rotatable bonds is 1. The fraction of sp³-hybridized carbons (Fsp3) is 0.250. The van der Waals surface area contributed by atoms with E-state index in [-0.39, 0.29) is 6.61 Å². The number of H-pyrrole nitrogens is 1. The summed E-state index contributed by atoms with van der Waals surface area (Å²) in [6, 6.07) is 1.60. The van der Waals surface area contributed by atoms with Gasteiger partial charge in [-0.3, -0.25) is 5.10 Å². The highest BCUT2D eigenvalue weighted by molar-refractivity contribution is 4.92. The second kappa shape index (κ2) is 1.75. The van der Waals surface area contributed by atoms with Crippen LogP contribution in [0, 0.1) is 6.20 Å². The summed E-state index contributed by atoms with van der Waals surface area (Å²) < 4.78 is 0. The van der Waals surface area contributed by atoms with Crippen LogP contribution in [0.4, 0.5) is 0 Å². The van der Waals surface area contributed by atoms with Crippen molar-refractivity contribution in [3.8, 4) is 0 Å². The maximum absolute atomic E-state index is 8.34. The van der Waals surface area contributed by atoms with E-state index in [9.17, 15) is 0 Å². The molecule has 0 saturated heterocycles. The Kier molecular flexibility index (Phi) is 1.08. The molecule has 1 radical (unpaired) electrons. The third-order valence-electron chi connectivity index (χ3n) is 0.673. The molecule has 1 rings (SSSR count). The molecule has 0 bridgehead atoms. The monoisotopic (exact) mass is 97.0 g/mol. The summed E-state index contributed by atoms with van der Waals surface area (Å²) in [6.07, 6.45) is 2.52. The van der Waals surface area contributed by atoms with Gasteiger partial charge in [-0.1, -0.05) is 0 Å². The molecule has 0 saturated carbocycles. The van der Waals surface area contributed by atoms with Crippen molar-refractivity contribution in [2.75, 3.05) is 0 Å². The summed E-state index contributed by atoms with van der Waals surface area (Å²) in [5, 5.41) is 14.3. The van der Waals surface area contributed by atoms with Gasteiger partial charge in [0.05, 0.1) is 12.3 Å². The number of aliphatic hydroxyl groups is 1. The van der Waals surface area contributed by atoms with Crippen molar-refractivity contribution in [3.05, 3.63) is 18.0 Å². The molecule has 7 heavy (non-hydrogen) atoms. The molecule has 3 heteroatoms. The van der Waals surface area contributed by atoms with Crippen LogP contribution in [0.5, 0.6) is 0 Å². The largest absolute Gasteiger partial charge is 0.390 e. The number of aromatic nitrogens is 2. The van der Waals surface area contributed by atoms with Gasteiger partial charge >= 0.3 is 0 Å². The van der Waals surface area contributed by atoms with E-state index in [4.69, 9.17) is 5.11 Å². The van der Waals surface area contributed by atoms with Gasteiger partial charge < -0.3 is 5.11 Å². The summed E-state index contributed by atoms with van der Waals surface area (Å²) in [6.45, 7) is 0.0104. The second-order valence-corrected chi connectivity index (χ2v) is 1.18. The fourth-order valence-corrected chi connectivity index (χ4v) is 0.328. The molecule has 0 aliphatic carbocycles. The zero-order chi connectivity index (χ0) is 5.11. The van der Waals surface area contributed by atoms with Gasteiger partial charge in [0, 0.05) is 0 Å². The maximum atomic E-state index is 8.34. The van der Waals surface area contributed by atoms with Crippen molar-refractivity contribution in [3.63, 3.8) is 0 Å². The summed E-state index contributed by atoms with van der Waals surface area (Å²) in [5.74, 6) is 0. The Bertz CT molecular complexity index is 124. The SMILES string of the molecule is OCc1c[c]n[nH]1. The first-order chi connectivity index (χ1) is 3.43. The predicted molar refractivity (Wildman–Crippen MR) is 23.3 cm³/mol. The quantitative estimate of drug-likeness (QED) is 0.505. The minimum absolute atomic E-state index is 0.0104. The molecule has 3 nitrogen and oxygen atoms in total. The van der Waals surface area contributed by atoms with Crippen LogP contribution in [0.15, 0.2) is 6.07 Å². The molecule has 1 aromatic heterocycles. The molecule has 0 fully saturated rings. The molecule has 0 atom stereocenters. The lowest BCUT2D eigenvalue weighted by Gasteiger charge is -1.79. The van der Waals surface area contributed by atoms with Crippen LogP contribution < -0.4 is 0 Å². The molecule has 0 unspecified atom stereocenters. The Hall–Kier alpha value is -0.830. The van der Waals surface area contributed by atoms with Gasteiger partial charge in [-0.05, 0) is 6.07 Å². The zero-order valence-corrected chi connectivity index (χ0v) is 3.68. The molecule has 2 N–H and O–H groups in total. The van der Waals surface area contributed by atoms with Crippen LogP contribution >= 0.6 is 0 Å². The second-order valence-electron chi connectivity index (χ2n) is 1.18. The standard InChI is InChI=1S/C4H5N2O/c7-3-4-1-2-5-6-4/h1,7H,3H2,(H,5,6). The Morgan fingerprint density at radius 1 is 2.00 bits per heavy atom. The smallest absolute Gasteiger partial charge is 0.113 e. The average molecular weight is 97.1 g/mol. The van der Waals surface area contributed by atoms with Crippen molar-refractivity contribution >= 4 is 0 Å². The molecular weight excluding hydrogens is 92.1 g/mol. The highest BCUT2D eigenvalue weighted by atomic mass is 16.3. The van der Waals surface area contributed by atoms with Crippen LogP contribution in [-0.4, -0.2) is 15.3 Å². The summed E-state index contributed by atoms with van der Waals surface area (Å²) in [5.41, 5.74) is 0.694. The van der Waals surface area contributed by atoms with Crippen LogP contribution in [0.1, 0.15) is 5.69 Å². The molecule has 0 amide bonds. The van der Waals surface area contributed by atoms with Crippen LogP contribution in [0.25, 0.3) is 0 Å². The number of hydrogen-bond acceptors (Lipinski definition) is 2. The summed E-state index contributed by atoms with van der Waals surface area (Å²) >= 11 is 0. The van der Waals surface area contributed by atoms with Gasteiger partial charge in [-0.15, -0.1) is 0 Å². The molecular formula is C4H5N2O. The zero-order valence-electron chi connectivity index (χ0n) is 3.68. The Morgan fingerprint density at radius 2 is 2.86 bits per heavy atom. The lowest BCUT2D eigenvalue weighted by atomic mass is 10.5. The number of aromatic amines is 1. The minimum Gasteiger partial charge on any atom is -0.390 e. The van der Waals surface area contributed by atoms with Gasteiger partial charge in [0.1, 0.15) is 6.20 Å². The van der Waals surface area contributed by atoms with Crippen LogP contribution in [0.2, 0.25) is 0 Å². The molecule has 0 aromatic carbocycles. The predicted octanol–water partition coefficient (Wildman–Crippen LogP) is -0.298. The molecule has 0 aliphatic heterocycles. The molecule has 0 spiro atoms. The Labute approximate surface area is 41.0 Å². The van der Waals surface area contributed by atoms with E-state index < -0.39 is 0 Å². The summed E-state index contributed by atoms with van der Waals surface area (Å²) in [4.78, 5) is 0. The van der Waals surface area contributed by atoms with Crippen molar-refractivity contribution in [1.29, 1.82) is 0 Å². The van der Waals surface area contributed by atoms with Crippen molar-refractivity contribution in [2.45, 2.75) is 6.61 Å². The Balaban J connectivity index is 2.76. The first kappa shape index (κ1) is 4.33. The third-order valence-corrected chi connectivity index (χ3v) is 0.673. The van der Waals surface area contributed by atoms with Crippen LogP contribution in [0.3, 0.4) is 0 Å². The first-order valence-electron chi connectivity index (χ1n) is 1.94. The van der Waals surface area contributed by atoms with Gasteiger partial charge in [0.25, 0.3) is 0 Å². The first-order valence-corrected chi connectivity index (χ1v) is 1.94. The highest BCUT2D eigenvalue weighted by Gasteiger charge is 1.84. The summed E-state index contributed by atoms with van der Waals surface area (Å²) in [7, 11) is 0. The van der Waals surface area contributed by atoms with Crippen molar-refractivity contribution < 1.29 is 5.11 Å². The number of nitrogens with one attached hydrogen (secondary N) is 1. The van der Waals surface area contributed by atoms with Gasteiger partial charge in [-0.25, -0.2) is 0 Å². The van der Waals surface area contributed by atoms with E-state index >= 15 is 0 Å². The number of hydrogen-bond donors (Lipinski definition) is 2. The molecule has 1 aromatic rings. The maximum Gasteiger partial charge on any atom is 0.113 e. The third kappa shape index (κ3) is 0.778. The van der Waals surface area contributed by atoms with Gasteiger partial charge in [0.2, 0.25) is 0 Å². The van der Waals surface area contributed by atoms with Gasteiger partial charge in [0.15, 0.2) is 0 Å². The topological polar surface area (TPSA) is 48.9 Å². The van der Waals surface area contributed by atoms with E-state index in [2.05, 4.69) is 16.4 Å². The fourth-order valence-electron chi connectivity index (χ4n) is 0.328. The molecule has 1 heterocycles. The molecule has 37 valence electrons. The van der Waals surface area contributed by atoms with Crippen LogP contribution in [-0.2, 0) is 6.61 Å². The lowest BCUT2D eigenvalue weighted by molar-refractivity contribution is 0.276. The van der Waals surface area contributed by atoms with E-state index in [1.54, 1.807) is 6.07 Å². The molecule has 0 aliphatic rings. The average Bonchev–Trinajstić information content (AvgIpc) is 2.14.